The molecule has 8 heteroatoms. The van der Waals surface area contributed by atoms with Crippen LogP contribution in [0.2, 0.25) is 0 Å². The molecule has 2 heterocycles. The highest BCUT2D eigenvalue weighted by Gasteiger charge is 2.21. The Kier molecular flexibility index (Phi) is 4.06. The summed E-state index contributed by atoms with van der Waals surface area (Å²) in [7, 11) is 1.70. The van der Waals surface area contributed by atoms with Gasteiger partial charge in [-0.2, -0.15) is 0 Å². The fourth-order valence-corrected chi connectivity index (χ4v) is 2.23. The quantitative estimate of drug-likeness (QED) is 0.644. The van der Waals surface area contributed by atoms with Gasteiger partial charge in [0, 0.05) is 18.7 Å². The van der Waals surface area contributed by atoms with Gasteiger partial charge in [-0.3, -0.25) is 10.1 Å². The highest BCUT2D eigenvalue weighted by molar-refractivity contribution is 5.61. The van der Waals surface area contributed by atoms with Gasteiger partial charge in [-0.05, 0) is 26.8 Å². The Hall–Kier alpha value is -2.64. The smallest absolute Gasteiger partial charge is 0.311 e. The van der Waals surface area contributed by atoms with Gasteiger partial charge in [-0.1, -0.05) is 5.16 Å². The first kappa shape index (κ1) is 14.8. The number of hydrogen-bond donors (Lipinski definition) is 2. The zero-order valence-electron chi connectivity index (χ0n) is 12.3. The molecule has 0 spiro atoms. The molecule has 1 unspecified atom stereocenters. The summed E-state index contributed by atoms with van der Waals surface area (Å²) in [5.41, 5.74) is 1.55. The molecule has 2 aromatic rings. The standard InChI is InChI=1S/C13H17N5O3/c1-7(12-8(2)17-21-9(12)3)15-13-10(18(19)20)5-6-11(14-4)16-13/h5-7H,1-4H3,(H2,14,15,16). The van der Waals surface area contributed by atoms with Crippen LogP contribution in [0.5, 0.6) is 0 Å². The van der Waals surface area contributed by atoms with E-state index in [0.717, 1.165) is 11.3 Å². The molecule has 0 aromatic carbocycles. The summed E-state index contributed by atoms with van der Waals surface area (Å²) in [6.45, 7) is 5.51. The second-order valence-electron chi connectivity index (χ2n) is 4.68. The van der Waals surface area contributed by atoms with Crippen LogP contribution in [0.4, 0.5) is 17.3 Å². The van der Waals surface area contributed by atoms with Crippen molar-refractivity contribution in [3.05, 3.63) is 39.3 Å². The third-order valence-corrected chi connectivity index (χ3v) is 3.20. The molecule has 112 valence electrons. The van der Waals surface area contributed by atoms with E-state index in [4.69, 9.17) is 4.52 Å². The molecule has 0 amide bonds. The van der Waals surface area contributed by atoms with Gasteiger partial charge in [-0.25, -0.2) is 4.98 Å². The van der Waals surface area contributed by atoms with Crippen molar-refractivity contribution in [1.29, 1.82) is 0 Å². The summed E-state index contributed by atoms with van der Waals surface area (Å²) in [6, 6.07) is 2.76. The van der Waals surface area contributed by atoms with Crippen LogP contribution in [0, 0.1) is 24.0 Å². The number of nitrogens with zero attached hydrogens (tertiary/aromatic N) is 3. The zero-order valence-corrected chi connectivity index (χ0v) is 12.3. The number of nitro groups is 1. The minimum absolute atomic E-state index is 0.0763. The first-order valence-electron chi connectivity index (χ1n) is 6.46. The van der Waals surface area contributed by atoms with E-state index in [-0.39, 0.29) is 17.5 Å². The molecule has 2 aromatic heterocycles. The van der Waals surface area contributed by atoms with E-state index < -0.39 is 4.92 Å². The van der Waals surface area contributed by atoms with Crippen LogP contribution in [0.3, 0.4) is 0 Å². The molecular formula is C13H17N5O3. The number of aryl methyl sites for hydroxylation is 2. The molecular weight excluding hydrogens is 274 g/mol. The maximum absolute atomic E-state index is 11.1. The van der Waals surface area contributed by atoms with Crippen LogP contribution in [0.25, 0.3) is 0 Å². The normalized spacial score (nSPS) is 12.0. The monoisotopic (exact) mass is 291 g/mol. The third-order valence-electron chi connectivity index (χ3n) is 3.20. The van der Waals surface area contributed by atoms with Crippen molar-refractivity contribution in [2.75, 3.05) is 17.7 Å². The van der Waals surface area contributed by atoms with Crippen molar-refractivity contribution >= 4 is 17.3 Å². The van der Waals surface area contributed by atoms with E-state index in [1.54, 1.807) is 20.0 Å². The van der Waals surface area contributed by atoms with Crippen LogP contribution < -0.4 is 10.6 Å². The molecule has 0 saturated heterocycles. The number of nitrogens with one attached hydrogen (secondary N) is 2. The van der Waals surface area contributed by atoms with Gasteiger partial charge in [-0.15, -0.1) is 0 Å². The topological polar surface area (TPSA) is 106 Å². The number of anilines is 2. The van der Waals surface area contributed by atoms with Gasteiger partial charge in [0.1, 0.15) is 11.6 Å². The van der Waals surface area contributed by atoms with Crippen molar-refractivity contribution < 1.29 is 9.45 Å². The maximum Gasteiger partial charge on any atom is 0.311 e. The predicted octanol–water partition coefficient (Wildman–Crippen LogP) is 2.81. The highest BCUT2D eigenvalue weighted by Crippen LogP contribution is 2.29. The second-order valence-corrected chi connectivity index (χ2v) is 4.68. The number of rotatable bonds is 5. The molecule has 0 aliphatic heterocycles. The van der Waals surface area contributed by atoms with Crippen molar-refractivity contribution in [2.24, 2.45) is 0 Å². The van der Waals surface area contributed by atoms with Gasteiger partial charge in [0.25, 0.3) is 0 Å². The van der Waals surface area contributed by atoms with Crippen molar-refractivity contribution in [3.63, 3.8) is 0 Å². The van der Waals surface area contributed by atoms with Gasteiger partial charge < -0.3 is 15.2 Å². The second kappa shape index (κ2) is 5.78. The Morgan fingerprint density at radius 3 is 2.62 bits per heavy atom. The molecule has 0 fully saturated rings. The molecule has 0 bridgehead atoms. The number of pyridine rings is 1. The zero-order chi connectivity index (χ0) is 15.6. The van der Waals surface area contributed by atoms with E-state index in [9.17, 15) is 10.1 Å². The fraction of sp³-hybridized carbons (Fsp3) is 0.385. The average molecular weight is 291 g/mol. The van der Waals surface area contributed by atoms with E-state index in [1.807, 2.05) is 13.8 Å². The molecule has 21 heavy (non-hydrogen) atoms. The Balaban J connectivity index is 2.36. The van der Waals surface area contributed by atoms with Crippen LogP contribution >= 0.6 is 0 Å². The average Bonchev–Trinajstić information content (AvgIpc) is 2.77. The van der Waals surface area contributed by atoms with Gasteiger partial charge >= 0.3 is 5.69 Å². The summed E-state index contributed by atoms with van der Waals surface area (Å²) in [5, 5.41) is 20.9. The van der Waals surface area contributed by atoms with Crippen molar-refractivity contribution in [3.8, 4) is 0 Å². The maximum atomic E-state index is 11.1. The Morgan fingerprint density at radius 1 is 1.38 bits per heavy atom. The largest absolute Gasteiger partial charge is 0.373 e. The van der Waals surface area contributed by atoms with Gasteiger partial charge in [0.05, 0.1) is 16.7 Å². The molecule has 0 aliphatic rings. The van der Waals surface area contributed by atoms with Crippen LogP contribution in [0.15, 0.2) is 16.7 Å². The van der Waals surface area contributed by atoms with Crippen LogP contribution in [-0.2, 0) is 0 Å². The van der Waals surface area contributed by atoms with Crippen molar-refractivity contribution in [2.45, 2.75) is 26.8 Å². The summed E-state index contributed by atoms with van der Waals surface area (Å²) < 4.78 is 5.12. The third kappa shape index (κ3) is 2.93. The Bertz CT molecular complexity index is 648. The predicted molar refractivity (Wildman–Crippen MR) is 78.5 cm³/mol. The SMILES string of the molecule is CNc1ccc([N+](=O)[O-])c(NC(C)c2c(C)noc2C)n1. The lowest BCUT2D eigenvalue weighted by molar-refractivity contribution is -0.384. The van der Waals surface area contributed by atoms with Crippen molar-refractivity contribution in [1.82, 2.24) is 10.1 Å². The van der Waals surface area contributed by atoms with Crippen LogP contribution in [-0.4, -0.2) is 22.1 Å². The summed E-state index contributed by atoms with van der Waals surface area (Å²) >= 11 is 0. The molecule has 0 aliphatic carbocycles. The minimum atomic E-state index is -0.463. The summed E-state index contributed by atoms with van der Waals surface area (Å²) in [5.74, 6) is 1.44. The first-order chi connectivity index (χ1) is 9.93. The lowest BCUT2D eigenvalue weighted by Crippen LogP contribution is -2.12. The minimum Gasteiger partial charge on any atom is -0.373 e. The molecule has 0 radical (unpaired) electrons. The summed E-state index contributed by atoms with van der Waals surface area (Å²) in [4.78, 5) is 14.8. The van der Waals surface area contributed by atoms with E-state index in [1.165, 1.54) is 6.07 Å². The molecule has 2 N–H and O–H groups in total. The lowest BCUT2D eigenvalue weighted by atomic mass is 10.1. The van der Waals surface area contributed by atoms with E-state index in [0.29, 0.717) is 11.6 Å². The van der Waals surface area contributed by atoms with Gasteiger partial charge in [0.2, 0.25) is 5.82 Å². The lowest BCUT2D eigenvalue weighted by Gasteiger charge is -2.15. The van der Waals surface area contributed by atoms with Crippen LogP contribution in [0.1, 0.15) is 30.0 Å². The molecule has 8 nitrogen and oxygen atoms in total. The van der Waals surface area contributed by atoms with E-state index >= 15 is 0 Å². The number of aromatic nitrogens is 2. The van der Waals surface area contributed by atoms with E-state index in [2.05, 4.69) is 20.8 Å². The summed E-state index contributed by atoms with van der Waals surface area (Å²) in [6.07, 6.45) is 0. The molecule has 2 rings (SSSR count). The fourth-order valence-electron chi connectivity index (χ4n) is 2.23. The molecule has 1 atom stereocenters. The first-order valence-corrected chi connectivity index (χ1v) is 6.46. The number of hydrogen-bond acceptors (Lipinski definition) is 7. The van der Waals surface area contributed by atoms with Gasteiger partial charge in [0.15, 0.2) is 0 Å². The molecule has 0 saturated carbocycles. The Labute approximate surface area is 121 Å². The Morgan fingerprint density at radius 2 is 2.10 bits per heavy atom. The highest BCUT2D eigenvalue weighted by atomic mass is 16.6.